The number of quaternary nitrogens is 1. The third kappa shape index (κ3) is 14.1. The molecule has 0 spiro atoms. The van der Waals surface area contributed by atoms with Crippen molar-refractivity contribution in [1.82, 2.24) is 0 Å². The fourth-order valence-electron chi connectivity index (χ4n) is 2.44. The highest BCUT2D eigenvalue weighted by atomic mass is 35.5. The second-order valence-corrected chi connectivity index (χ2v) is 7.81. The van der Waals surface area contributed by atoms with Crippen LogP contribution in [-0.4, -0.2) is 40.5 Å². The summed E-state index contributed by atoms with van der Waals surface area (Å²) in [4.78, 5) is 11.8. The topological polar surface area (TPSA) is 94.4 Å². The predicted molar refractivity (Wildman–Crippen MR) is 117 cm³/mol. The van der Waals surface area contributed by atoms with Gasteiger partial charge < -0.3 is 33.1 Å². The lowest BCUT2D eigenvalue weighted by Crippen LogP contribution is -3.00. The van der Waals surface area contributed by atoms with Crippen LogP contribution in [0.2, 0.25) is 0 Å². The maximum atomic E-state index is 13.2. The van der Waals surface area contributed by atoms with E-state index in [1.807, 2.05) is 0 Å². The van der Waals surface area contributed by atoms with Crippen molar-refractivity contribution >= 4 is 5.97 Å². The number of ether oxygens (including phenoxy) is 1. The number of carbonyl (C=O) groups excluding carboxylic acids is 1. The van der Waals surface area contributed by atoms with Gasteiger partial charge in [-0.3, -0.25) is 0 Å². The Morgan fingerprint density at radius 1 is 0.781 bits per heavy atom. The number of aliphatic hydroxyl groups is 2. The van der Waals surface area contributed by atoms with E-state index in [2.05, 4.69) is 5.73 Å². The number of hydrogen-bond acceptors (Lipinski definition) is 4. The first-order chi connectivity index (χ1) is 14.3. The van der Waals surface area contributed by atoms with Crippen LogP contribution in [0.15, 0.2) is 48.5 Å². The zero-order valence-corrected chi connectivity index (χ0v) is 20.3. The molecule has 8 heteroatoms. The third-order valence-electron chi connectivity index (χ3n) is 3.63. The molecule has 5 N–H and O–H groups in total. The smallest absolute Gasteiger partial charge is 0.364 e. The molecule has 2 aromatic carbocycles. The Hall–Kier alpha value is -2.06. The Labute approximate surface area is 196 Å². The first-order valence-electron chi connectivity index (χ1n) is 10.3. The van der Waals surface area contributed by atoms with Gasteiger partial charge in [0.15, 0.2) is 6.04 Å². The normalized spacial score (nSPS) is 12.1. The molecule has 0 aromatic heterocycles. The summed E-state index contributed by atoms with van der Waals surface area (Å²) >= 11 is 0. The van der Waals surface area contributed by atoms with Gasteiger partial charge in [-0.1, -0.05) is 24.3 Å². The van der Waals surface area contributed by atoms with Crippen LogP contribution in [0, 0.1) is 11.6 Å². The number of rotatable bonds is 5. The summed E-state index contributed by atoms with van der Waals surface area (Å²) in [6.45, 7) is 10.3. The van der Waals surface area contributed by atoms with Crippen LogP contribution >= 0.6 is 0 Å². The molecular formula is C24H36ClF2NO4. The van der Waals surface area contributed by atoms with Crippen molar-refractivity contribution in [3.63, 3.8) is 0 Å². The molecule has 0 bridgehead atoms. The Morgan fingerprint density at radius 3 is 1.31 bits per heavy atom. The van der Waals surface area contributed by atoms with Crippen molar-refractivity contribution in [2.45, 2.75) is 71.8 Å². The summed E-state index contributed by atoms with van der Waals surface area (Å²) in [5, 5.41) is 16.1. The molecule has 0 saturated heterocycles. The monoisotopic (exact) mass is 475 g/mol. The van der Waals surface area contributed by atoms with Crippen molar-refractivity contribution in [3.8, 4) is 0 Å². The number of hydrogen-bond donors (Lipinski definition) is 3. The van der Waals surface area contributed by atoms with Gasteiger partial charge in [0.1, 0.15) is 17.7 Å². The van der Waals surface area contributed by atoms with Gasteiger partial charge in [0.2, 0.25) is 0 Å². The molecule has 0 amide bonds. The van der Waals surface area contributed by atoms with Crippen LogP contribution in [0.1, 0.15) is 58.6 Å². The van der Waals surface area contributed by atoms with E-state index < -0.39 is 18.1 Å². The molecule has 0 aliphatic carbocycles. The molecular weight excluding hydrogens is 440 g/mol. The molecule has 2 aromatic rings. The lowest BCUT2D eigenvalue weighted by molar-refractivity contribution is -0.403. The maximum Gasteiger partial charge on any atom is 0.364 e. The SMILES string of the molecule is CC(C)O.CC(C)O.C[C@H]([NH3+])C(=O)O[C@@H](C)C(c1ccc(F)cc1)c1ccc(F)cc1.[Cl-]. The highest BCUT2D eigenvalue weighted by molar-refractivity contribution is 5.73. The van der Waals surface area contributed by atoms with Crippen molar-refractivity contribution in [1.29, 1.82) is 0 Å². The van der Waals surface area contributed by atoms with Crippen LogP contribution in [0.4, 0.5) is 8.78 Å². The Kier molecular flexibility index (Phi) is 16.6. The first kappa shape index (κ1) is 32.1. The van der Waals surface area contributed by atoms with Gasteiger partial charge in [-0.2, -0.15) is 0 Å². The highest BCUT2D eigenvalue weighted by Crippen LogP contribution is 2.30. The van der Waals surface area contributed by atoms with Crippen molar-refractivity contribution in [3.05, 3.63) is 71.3 Å². The molecule has 2 rings (SSSR count). The molecule has 0 aliphatic heterocycles. The van der Waals surface area contributed by atoms with E-state index in [4.69, 9.17) is 14.9 Å². The molecule has 0 unspecified atom stereocenters. The average molecular weight is 476 g/mol. The number of carbonyl (C=O) groups is 1. The standard InChI is InChI=1S/C18H19F2NO2.2C3H8O.ClH/c1-11(21)18(22)23-12(2)17(13-3-7-15(19)8-4-13)14-5-9-16(20)10-6-14;2*1-3(2)4;/h3-12,17H,21H2,1-2H3;2*3-4H,1-2H3;1H/t11-,12-;;;/m0.../s1. The Bertz CT molecular complexity index is 697. The van der Waals surface area contributed by atoms with E-state index in [-0.39, 0.29) is 42.2 Å². The zero-order valence-electron chi connectivity index (χ0n) is 19.6. The number of esters is 1. The molecule has 0 fully saturated rings. The van der Waals surface area contributed by atoms with Gasteiger partial charge in [0, 0.05) is 18.1 Å². The second kappa shape index (κ2) is 16.6. The number of aliphatic hydroxyl groups excluding tert-OH is 2. The van der Waals surface area contributed by atoms with Crippen LogP contribution in [0.5, 0.6) is 0 Å². The van der Waals surface area contributed by atoms with E-state index in [9.17, 15) is 13.6 Å². The van der Waals surface area contributed by atoms with Crippen molar-refractivity contribution < 1.29 is 46.7 Å². The molecule has 0 aliphatic rings. The minimum absolute atomic E-state index is 0. The van der Waals surface area contributed by atoms with Crippen LogP contribution in [0.25, 0.3) is 0 Å². The second-order valence-electron chi connectivity index (χ2n) is 7.81. The van der Waals surface area contributed by atoms with E-state index in [1.165, 1.54) is 24.3 Å². The minimum atomic E-state index is -0.498. The number of halogens is 3. The zero-order chi connectivity index (χ0) is 24.1. The van der Waals surface area contributed by atoms with E-state index in [1.54, 1.807) is 65.8 Å². The van der Waals surface area contributed by atoms with Crippen molar-refractivity contribution in [2.24, 2.45) is 0 Å². The largest absolute Gasteiger partial charge is 1.00 e. The summed E-state index contributed by atoms with van der Waals surface area (Å²) in [6.07, 6.45) is -0.831. The maximum absolute atomic E-state index is 13.2. The summed E-state index contributed by atoms with van der Waals surface area (Å²) in [5.41, 5.74) is 5.22. The number of benzene rings is 2. The van der Waals surface area contributed by atoms with Crippen LogP contribution in [0.3, 0.4) is 0 Å². The van der Waals surface area contributed by atoms with Crippen LogP contribution < -0.4 is 18.1 Å². The van der Waals surface area contributed by atoms with E-state index in [0.29, 0.717) is 0 Å². The van der Waals surface area contributed by atoms with Gasteiger partial charge >= 0.3 is 5.97 Å². The van der Waals surface area contributed by atoms with E-state index >= 15 is 0 Å². The average Bonchev–Trinajstić information content (AvgIpc) is 2.64. The molecule has 5 nitrogen and oxygen atoms in total. The Morgan fingerprint density at radius 2 is 1.06 bits per heavy atom. The highest BCUT2D eigenvalue weighted by Gasteiger charge is 2.26. The lowest BCUT2D eigenvalue weighted by Gasteiger charge is -2.25. The van der Waals surface area contributed by atoms with Gasteiger partial charge in [-0.25, -0.2) is 13.6 Å². The van der Waals surface area contributed by atoms with Crippen molar-refractivity contribution in [2.75, 3.05) is 0 Å². The van der Waals surface area contributed by atoms with Gasteiger partial charge in [-0.15, -0.1) is 0 Å². The molecule has 32 heavy (non-hydrogen) atoms. The van der Waals surface area contributed by atoms with Gasteiger partial charge in [0.25, 0.3) is 0 Å². The molecule has 0 saturated carbocycles. The summed E-state index contributed by atoms with van der Waals surface area (Å²) in [7, 11) is 0. The fourth-order valence-corrected chi connectivity index (χ4v) is 2.44. The quantitative estimate of drug-likeness (QED) is 0.547. The summed E-state index contributed by atoms with van der Waals surface area (Å²) in [6, 6.07) is 11.5. The van der Waals surface area contributed by atoms with Gasteiger partial charge in [0.05, 0.1) is 0 Å². The molecule has 2 atom stereocenters. The molecule has 182 valence electrons. The molecule has 0 heterocycles. The van der Waals surface area contributed by atoms with Crippen LogP contribution in [-0.2, 0) is 9.53 Å². The Balaban J connectivity index is 0. The third-order valence-corrected chi connectivity index (χ3v) is 3.63. The summed E-state index contributed by atoms with van der Waals surface area (Å²) in [5.74, 6) is -1.42. The summed E-state index contributed by atoms with van der Waals surface area (Å²) < 4.78 is 31.8. The predicted octanol–water partition coefficient (Wildman–Crippen LogP) is 0.437. The van der Waals surface area contributed by atoms with E-state index in [0.717, 1.165) is 11.1 Å². The first-order valence-corrected chi connectivity index (χ1v) is 10.3. The minimum Gasteiger partial charge on any atom is -1.00 e. The fraction of sp³-hybridized carbons (Fsp3) is 0.458. The lowest BCUT2D eigenvalue weighted by atomic mass is 9.87. The molecule has 0 radical (unpaired) electrons. The van der Waals surface area contributed by atoms with Gasteiger partial charge in [-0.05, 0) is 76.9 Å².